The number of methoxy groups -OCH3 is 1. The van der Waals surface area contributed by atoms with E-state index in [2.05, 4.69) is 5.32 Å². The quantitative estimate of drug-likeness (QED) is 0.779. The molecule has 0 aliphatic carbocycles. The Balaban J connectivity index is 2.37. The number of amides is 1. The molecule has 0 unspecified atom stereocenters. The van der Waals surface area contributed by atoms with Gasteiger partial charge in [-0.2, -0.15) is 0 Å². The highest BCUT2D eigenvalue weighted by atomic mass is 35.5. The predicted molar refractivity (Wildman–Crippen MR) is 103 cm³/mol. The maximum Gasteiger partial charge on any atom is 0.264 e. The van der Waals surface area contributed by atoms with Gasteiger partial charge in [-0.05, 0) is 48.9 Å². The first kappa shape index (κ1) is 20.1. The lowest BCUT2D eigenvalue weighted by Crippen LogP contribution is -2.28. The van der Waals surface area contributed by atoms with Crippen LogP contribution < -0.4 is 14.4 Å². The number of sulfonamides is 1. The van der Waals surface area contributed by atoms with Gasteiger partial charge in [0.25, 0.3) is 15.9 Å². The normalized spacial score (nSPS) is 11.1. The van der Waals surface area contributed by atoms with Crippen LogP contribution in [0.4, 0.5) is 5.69 Å². The average Bonchev–Trinajstić information content (AvgIpc) is 2.65. The SMILES string of the molecule is CCCNC(=O)c1cc(S(=O)(=O)N(C)c2ccc(OC)cc2)ccc1Cl. The third-order valence-electron chi connectivity index (χ3n) is 3.81. The van der Waals surface area contributed by atoms with E-state index in [4.69, 9.17) is 16.3 Å². The Hall–Kier alpha value is -2.25. The van der Waals surface area contributed by atoms with Gasteiger partial charge in [-0.15, -0.1) is 0 Å². The van der Waals surface area contributed by atoms with Crippen molar-refractivity contribution in [1.82, 2.24) is 5.32 Å². The van der Waals surface area contributed by atoms with Gasteiger partial charge >= 0.3 is 0 Å². The molecule has 6 nitrogen and oxygen atoms in total. The average molecular weight is 397 g/mol. The maximum atomic E-state index is 12.9. The van der Waals surface area contributed by atoms with Crippen molar-refractivity contribution in [2.45, 2.75) is 18.2 Å². The van der Waals surface area contributed by atoms with E-state index in [1.165, 1.54) is 32.4 Å². The molecular weight excluding hydrogens is 376 g/mol. The van der Waals surface area contributed by atoms with Gasteiger partial charge in [-0.3, -0.25) is 9.10 Å². The van der Waals surface area contributed by atoms with E-state index in [0.717, 1.165) is 10.7 Å². The first-order valence-electron chi connectivity index (χ1n) is 8.02. The Morgan fingerprint density at radius 2 is 1.85 bits per heavy atom. The third kappa shape index (κ3) is 4.28. The summed E-state index contributed by atoms with van der Waals surface area (Å²) < 4.78 is 32.0. The summed E-state index contributed by atoms with van der Waals surface area (Å²) in [7, 11) is -0.868. The van der Waals surface area contributed by atoms with Crippen LogP contribution in [0, 0.1) is 0 Å². The molecule has 0 bridgehead atoms. The lowest BCUT2D eigenvalue weighted by molar-refractivity contribution is 0.0953. The van der Waals surface area contributed by atoms with Gasteiger partial charge in [0.1, 0.15) is 5.75 Å². The van der Waals surface area contributed by atoms with Crippen LogP contribution in [0.5, 0.6) is 5.75 Å². The minimum atomic E-state index is -3.85. The molecule has 0 aliphatic heterocycles. The van der Waals surface area contributed by atoms with E-state index >= 15 is 0 Å². The van der Waals surface area contributed by atoms with Gasteiger partial charge in [-0.25, -0.2) is 8.42 Å². The van der Waals surface area contributed by atoms with Crippen molar-refractivity contribution in [2.75, 3.05) is 25.0 Å². The fraction of sp³-hybridized carbons (Fsp3) is 0.278. The molecule has 0 atom stereocenters. The molecule has 0 heterocycles. The molecule has 2 rings (SSSR count). The Morgan fingerprint density at radius 1 is 1.19 bits per heavy atom. The first-order chi connectivity index (χ1) is 12.3. The van der Waals surface area contributed by atoms with Crippen LogP contribution in [-0.4, -0.2) is 35.0 Å². The fourth-order valence-corrected chi connectivity index (χ4v) is 3.69. The van der Waals surface area contributed by atoms with Crippen LogP contribution >= 0.6 is 11.6 Å². The number of carbonyl (C=O) groups is 1. The smallest absolute Gasteiger partial charge is 0.264 e. The summed E-state index contributed by atoms with van der Waals surface area (Å²) in [6.45, 7) is 2.41. The highest BCUT2D eigenvalue weighted by molar-refractivity contribution is 7.92. The van der Waals surface area contributed by atoms with Crippen LogP contribution in [-0.2, 0) is 10.0 Å². The molecule has 0 aliphatic rings. The van der Waals surface area contributed by atoms with E-state index in [0.29, 0.717) is 18.0 Å². The lowest BCUT2D eigenvalue weighted by atomic mass is 10.2. The number of ether oxygens (including phenoxy) is 1. The van der Waals surface area contributed by atoms with Crippen LogP contribution in [0.1, 0.15) is 23.7 Å². The molecule has 0 saturated carbocycles. The zero-order valence-corrected chi connectivity index (χ0v) is 16.4. The minimum Gasteiger partial charge on any atom is -0.497 e. The molecule has 8 heteroatoms. The molecule has 0 saturated heterocycles. The number of rotatable bonds is 7. The highest BCUT2D eigenvalue weighted by Crippen LogP contribution is 2.27. The van der Waals surface area contributed by atoms with E-state index < -0.39 is 15.9 Å². The van der Waals surface area contributed by atoms with Crippen molar-refractivity contribution in [3.63, 3.8) is 0 Å². The Kier molecular flexibility index (Phi) is 6.50. The Bertz CT molecular complexity index is 883. The number of nitrogens with zero attached hydrogens (tertiary/aromatic N) is 1. The van der Waals surface area contributed by atoms with E-state index in [9.17, 15) is 13.2 Å². The first-order valence-corrected chi connectivity index (χ1v) is 9.83. The van der Waals surface area contributed by atoms with Crippen molar-refractivity contribution in [3.05, 3.63) is 53.1 Å². The van der Waals surface area contributed by atoms with Crippen LogP contribution in [0.15, 0.2) is 47.4 Å². The van der Waals surface area contributed by atoms with Crippen molar-refractivity contribution in [2.24, 2.45) is 0 Å². The molecule has 0 aromatic heterocycles. The number of hydrogen-bond acceptors (Lipinski definition) is 4. The largest absolute Gasteiger partial charge is 0.497 e. The van der Waals surface area contributed by atoms with E-state index in [1.807, 2.05) is 6.92 Å². The van der Waals surface area contributed by atoms with Crippen molar-refractivity contribution < 1.29 is 17.9 Å². The summed E-state index contributed by atoms with van der Waals surface area (Å²) in [5, 5.41) is 2.89. The molecule has 0 fully saturated rings. The lowest BCUT2D eigenvalue weighted by Gasteiger charge is -2.20. The predicted octanol–water partition coefficient (Wildman–Crippen LogP) is 3.31. The molecule has 1 amide bonds. The molecule has 2 aromatic rings. The summed E-state index contributed by atoms with van der Waals surface area (Å²) in [5.74, 6) is 0.224. The van der Waals surface area contributed by atoms with Gasteiger partial charge in [0.2, 0.25) is 0 Å². The van der Waals surface area contributed by atoms with Gasteiger partial charge < -0.3 is 10.1 Å². The molecule has 1 N–H and O–H groups in total. The zero-order chi connectivity index (χ0) is 19.3. The number of halogens is 1. The molecular formula is C18H21ClN2O4S. The van der Waals surface area contributed by atoms with Crippen molar-refractivity contribution in [3.8, 4) is 5.75 Å². The number of anilines is 1. The minimum absolute atomic E-state index is 0.0122. The van der Waals surface area contributed by atoms with Crippen molar-refractivity contribution >= 4 is 33.2 Å². The Morgan fingerprint density at radius 3 is 2.42 bits per heavy atom. The molecule has 0 radical (unpaired) electrons. The molecule has 0 spiro atoms. The highest BCUT2D eigenvalue weighted by Gasteiger charge is 2.23. The molecule has 2 aromatic carbocycles. The zero-order valence-electron chi connectivity index (χ0n) is 14.8. The number of nitrogens with one attached hydrogen (secondary N) is 1. The standard InChI is InChI=1S/C18H21ClN2O4S/c1-4-11-20-18(22)16-12-15(9-10-17(16)19)26(23,24)21(2)13-5-7-14(25-3)8-6-13/h5-10,12H,4,11H2,1-3H3,(H,20,22). The van der Waals surface area contributed by atoms with Crippen LogP contribution in [0.3, 0.4) is 0 Å². The van der Waals surface area contributed by atoms with E-state index in [-0.39, 0.29) is 15.5 Å². The summed E-state index contributed by atoms with van der Waals surface area (Å²) in [5.41, 5.74) is 0.599. The summed E-state index contributed by atoms with van der Waals surface area (Å²) in [4.78, 5) is 12.2. The Labute approximate surface area is 158 Å². The van der Waals surface area contributed by atoms with Crippen LogP contribution in [0.2, 0.25) is 5.02 Å². The topological polar surface area (TPSA) is 75.7 Å². The monoisotopic (exact) mass is 396 g/mol. The molecule has 140 valence electrons. The number of carbonyl (C=O) groups excluding carboxylic acids is 1. The summed E-state index contributed by atoms with van der Waals surface area (Å²) >= 11 is 6.07. The van der Waals surface area contributed by atoms with Crippen molar-refractivity contribution in [1.29, 1.82) is 0 Å². The number of hydrogen-bond donors (Lipinski definition) is 1. The number of benzene rings is 2. The van der Waals surface area contributed by atoms with Gasteiger partial charge in [0.15, 0.2) is 0 Å². The third-order valence-corrected chi connectivity index (χ3v) is 5.92. The van der Waals surface area contributed by atoms with Crippen LogP contribution in [0.25, 0.3) is 0 Å². The second-order valence-corrected chi connectivity index (χ2v) is 7.94. The maximum absolute atomic E-state index is 12.9. The fourth-order valence-electron chi connectivity index (χ4n) is 2.26. The van der Waals surface area contributed by atoms with Gasteiger partial charge in [-0.1, -0.05) is 18.5 Å². The summed E-state index contributed by atoms with van der Waals surface area (Å²) in [6, 6.07) is 10.7. The second kappa shape index (κ2) is 8.42. The van der Waals surface area contributed by atoms with Gasteiger partial charge in [0, 0.05) is 13.6 Å². The van der Waals surface area contributed by atoms with Gasteiger partial charge in [0.05, 0.1) is 28.3 Å². The molecule has 26 heavy (non-hydrogen) atoms. The summed E-state index contributed by atoms with van der Waals surface area (Å²) in [6.07, 6.45) is 0.765. The second-order valence-electron chi connectivity index (χ2n) is 5.57. The van der Waals surface area contributed by atoms with E-state index in [1.54, 1.807) is 24.3 Å².